The lowest BCUT2D eigenvalue weighted by atomic mass is 9.81. The summed E-state index contributed by atoms with van der Waals surface area (Å²) in [6, 6.07) is 61.7. The van der Waals surface area contributed by atoms with Gasteiger partial charge >= 0.3 is 0 Å². The summed E-state index contributed by atoms with van der Waals surface area (Å²) in [5.74, 6) is -0.0441. The molecule has 0 spiro atoms. The molecule has 2 aromatic heterocycles. The topological polar surface area (TPSA) is 44.0 Å². The van der Waals surface area contributed by atoms with Crippen LogP contribution in [0, 0.1) is 0 Å². The molecule has 0 radical (unpaired) electrons. The summed E-state index contributed by atoms with van der Waals surface area (Å²) >= 11 is 0. The van der Waals surface area contributed by atoms with Gasteiger partial charge in [0.05, 0.1) is 22.1 Å². The highest BCUT2D eigenvalue weighted by Crippen LogP contribution is 2.49. The molecule has 4 nitrogen and oxygen atoms in total. The summed E-state index contributed by atoms with van der Waals surface area (Å²) in [6.45, 7) is 4.37. The van der Waals surface area contributed by atoms with Crippen LogP contribution >= 0.6 is 0 Å². The Bertz CT molecular complexity index is 2990. The van der Waals surface area contributed by atoms with Crippen LogP contribution in [0.3, 0.4) is 0 Å². The molecule has 1 aliphatic carbocycles. The van der Waals surface area contributed by atoms with Crippen LogP contribution in [-0.4, -0.2) is 20.7 Å². The molecule has 11 rings (SSSR count). The van der Waals surface area contributed by atoms with Crippen molar-refractivity contribution in [3.05, 3.63) is 215 Å². The summed E-state index contributed by atoms with van der Waals surface area (Å²) in [5.41, 5.74) is 12.8. The second-order valence-corrected chi connectivity index (χ2v) is 15.6. The van der Waals surface area contributed by atoms with Crippen molar-refractivity contribution in [1.82, 2.24) is 9.13 Å². The van der Waals surface area contributed by atoms with Gasteiger partial charge in [-0.2, -0.15) is 0 Å². The molecule has 0 aliphatic heterocycles. The van der Waals surface area contributed by atoms with Gasteiger partial charge in [-0.1, -0.05) is 135 Å². The number of hydrogen-bond acceptors (Lipinski definition) is 2. The van der Waals surface area contributed by atoms with Crippen LogP contribution in [0.1, 0.15) is 56.8 Å². The van der Waals surface area contributed by atoms with Gasteiger partial charge in [0, 0.05) is 60.6 Å². The van der Waals surface area contributed by atoms with Crippen LogP contribution in [0.4, 0.5) is 0 Å². The number of para-hydroxylation sites is 4. The van der Waals surface area contributed by atoms with Gasteiger partial charge in [-0.05, 0) is 82.9 Å². The van der Waals surface area contributed by atoms with Crippen LogP contribution in [0.25, 0.3) is 66.1 Å². The molecule has 10 aromatic rings. The first kappa shape index (κ1) is 33.1. The quantitative estimate of drug-likeness (QED) is 0.160. The van der Waals surface area contributed by atoms with Crippen LogP contribution in [0.5, 0.6) is 0 Å². The molecule has 0 unspecified atom stereocenters. The summed E-state index contributed by atoms with van der Waals surface area (Å²) in [5, 5.41) is 4.73. The molecule has 57 heavy (non-hydrogen) atoms. The van der Waals surface area contributed by atoms with Crippen molar-refractivity contribution < 1.29 is 9.59 Å². The first-order valence-electron chi connectivity index (χ1n) is 19.4. The van der Waals surface area contributed by atoms with Crippen LogP contribution in [0.2, 0.25) is 0 Å². The third kappa shape index (κ3) is 4.94. The molecular formula is C53H36N2O2. The van der Waals surface area contributed by atoms with Crippen molar-refractivity contribution in [3.8, 4) is 22.5 Å². The van der Waals surface area contributed by atoms with Gasteiger partial charge in [-0.25, -0.2) is 0 Å². The van der Waals surface area contributed by atoms with Crippen molar-refractivity contribution in [1.29, 1.82) is 0 Å². The summed E-state index contributed by atoms with van der Waals surface area (Å²) in [7, 11) is 0. The first-order chi connectivity index (χ1) is 27.9. The molecule has 2 heterocycles. The van der Waals surface area contributed by atoms with Crippen molar-refractivity contribution in [2.24, 2.45) is 0 Å². The van der Waals surface area contributed by atoms with Crippen molar-refractivity contribution in [2.75, 3.05) is 0 Å². The predicted molar refractivity (Wildman–Crippen MR) is 232 cm³/mol. The molecule has 0 fully saturated rings. The second-order valence-electron chi connectivity index (χ2n) is 15.6. The monoisotopic (exact) mass is 732 g/mol. The van der Waals surface area contributed by atoms with E-state index in [0.717, 1.165) is 55.7 Å². The number of carbonyl (C=O) groups excluding carboxylic acids is 2. The van der Waals surface area contributed by atoms with Crippen molar-refractivity contribution in [3.63, 3.8) is 0 Å². The maximum atomic E-state index is 14.3. The number of rotatable bonds is 6. The zero-order valence-corrected chi connectivity index (χ0v) is 31.5. The SMILES string of the molecule is CC1(C)c2cc(C(=O)c3cccc(-n4c5ccccc5c5ccccc54)c3)ccc2-c2ccc(C(=O)c3cccc(-n4c5ccccc5c5ccccc54)c3)cc21. The lowest BCUT2D eigenvalue weighted by molar-refractivity contribution is 0.103. The fourth-order valence-electron chi connectivity index (χ4n) is 9.33. The lowest BCUT2D eigenvalue weighted by Gasteiger charge is -2.22. The average molecular weight is 733 g/mol. The first-order valence-corrected chi connectivity index (χ1v) is 19.4. The largest absolute Gasteiger partial charge is 0.309 e. The van der Waals surface area contributed by atoms with Gasteiger partial charge in [-0.15, -0.1) is 0 Å². The van der Waals surface area contributed by atoms with E-state index >= 15 is 0 Å². The predicted octanol–water partition coefficient (Wildman–Crippen LogP) is 12.6. The number of hydrogen-bond donors (Lipinski definition) is 0. The highest BCUT2D eigenvalue weighted by atomic mass is 16.1. The molecule has 0 saturated heterocycles. The molecule has 270 valence electrons. The van der Waals surface area contributed by atoms with E-state index < -0.39 is 5.41 Å². The van der Waals surface area contributed by atoms with E-state index in [-0.39, 0.29) is 11.6 Å². The number of ketones is 2. The summed E-state index contributed by atoms with van der Waals surface area (Å²) in [6.07, 6.45) is 0. The van der Waals surface area contributed by atoms with Gasteiger partial charge in [0.15, 0.2) is 11.6 Å². The minimum Gasteiger partial charge on any atom is -0.309 e. The Balaban J connectivity index is 0.922. The molecule has 0 saturated carbocycles. The number of nitrogens with zero attached hydrogens (tertiary/aromatic N) is 2. The van der Waals surface area contributed by atoms with Crippen molar-refractivity contribution in [2.45, 2.75) is 19.3 Å². The third-order valence-electron chi connectivity index (χ3n) is 12.1. The third-order valence-corrected chi connectivity index (χ3v) is 12.1. The Labute approximate surface area is 329 Å². The lowest BCUT2D eigenvalue weighted by Crippen LogP contribution is -2.17. The van der Waals surface area contributed by atoms with Gasteiger partial charge < -0.3 is 9.13 Å². The summed E-state index contributed by atoms with van der Waals surface area (Å²) in [4.78, 5) is 28.6. The van der Waals surface area contributed by atoms with Crippen LogP contribution in [0.15, 0.2) is 182 Å². The second kappa shape index (κ2) is 12.4. The normalized spacial score (nSPS) is 13.0. The zero-order chi connectivity index (χ0) is 38.4. The number of aromatic nitrogens is 2. The minimum atomic E-state index is -0.424. The Morgan fingerprint density at radius 2 is 0.702 bits per heavy atom. The van der Waals surface area contributed by atoms with E-state index in [4.69, 9.17) is 0 Å². The number of fused-ring (bicyclic) bond motifs is 9. The molecule has 0 atom stereocenters. The maximum Gasteiger partial charge on any atom is 0.193 e. The maximum absolute atomic E-state index is 14.3. The molecular weight excluding hydrogens is 697 g/mol. The Morgan fingerprint density at radius 1 is 0.368 bits per heavy atom. The van der Waals surface area contributed by atoms with Crippen LogP contribution < -0.4 is 0 Å². The van der Waals surface area contributed by atoms with Gasteiger partial charge in [0.1, 0.15) is 0 Å². The summed E-state index contributed by atoms with van der Waals surface area (Å²) < 4.78 is 4.48. The standard InChI is InChI=1S/C53H36N2O2/c1-53(2)45-31-35(51(56)33-13-11-15-37(29-33)54-47-21-7-3-17-41(47)42-18-4-8-22-48(42)54)25-27-39(45)40-28-26-36(32-46(40)53)52(57)34-14-12-16-38(30-34)55-49-23-9-5-19-43(49)44-20-6-10-24-50(44)55/h3-32H,1-2H3. The Hall–Kier alpha value is -7.30. The molecule has 0 N–H and O–H groups in total. The minimum absolute atomic E-state index is 0.0221. The van der Waals surface area contributed by atoms with Crippen LogP contribution in [-0.2, 0) is 5.41 Å². The average Bonchev–Trinajstić information content (AvgIpc) is 3.86. The Kier molecular flexibility index (Phi) is 7.17. The van der Waals surface area contributed by atoms with Gasteiger partial charge in [0.2, 0.25) is 0 Å². The van der Waals surface area contributed by atoms with E-state index in [2.05, 4.69) is 156 Å². The molecule has 8 aromatic carbocycles. The number of benzene rings is 8. The van der Waals surface area contributed by atoms with E-state index in [9.17, 15) is 9.59 Å². The van der Waals surface area contributed by atoms with E-state index in [0.29, 0.717) is 22.3 Å². The molecule has 0 amide bonds. The van der Waals surface area contributed by atoms with Gasteiger partial charge in [-0.3, -0.25) is 9.59 Å². The van der Waals surface area contributed by atoms with Gasteiger partial charge in [0.25, 0.3) is 0 Å². The molecule has 1 aliphatic rings. The highest BCUT2D eigenvalue weighted by molar-refractivity contribution is 6.13. The fraction of sp³-hybridized carbons (Fsp3) is 0.0566. The highest BCUT2D eigenvalue weighted by Gasteiger charge is 2.36. The zero-order valence-electron chi connectivity index (χ0n) is 31.5. The molecule has 0 bridgehead atoms. The van der Waals surface area contributed by atoms with Crippen molar-refractivity contribution >= 4 is 55.2 Å². The fourth-order valence-corrected chi connectivity index (χ4v) is 9.33. The van der Waals surface area contributed by atoms with E-state index in [1.165, 1.54) is 21.5 Å². The van der Waals surface area contributed by atoms with E-state index in [1.54, 1.807) is 0 Å². The van der Waals surface area contributed by atoms with E-state index in [1.807, 2.05) is 48.5 Å². The Morgan fingerprint density at radius 3 is 1.07 bits per heavy atom. The molecule has 4 heteroatoms. The smallest absolute Gasteiger partial charge is 0.193 e. The number of carbonyl (C=O) groups is 2.